The fraction of sp³-hybridized carbons (Fsp3) is 0.529. The van der Waals surface area contributed by atoms with Crippen molar-refractivity contribution in [2.45, 2.75) is 39.2 Å². The number of nitrogens with zero attached hydrogens (tertiary/aromatic N) is 2. The number of rotatable bonds is 3. The van der Waals surface area contributed by atoms with Gasteiger partial charge in [0.25, 0.3) is 5.91 Å². The SMILES string of the molecule is CCN(CC)C(=O)c1ccc2c(c1)NC(=O)[C@@H]1CCCCN21. The first-order valence-corrected chi connectivity index (χ1v) is 8.16. The fourth-order valence-corrected chi connectivity index (χ4v) is 3.42. The summed E-state index contributed by atoms with van der Waals surface area (Å²) in [5, 5.41) is 2.98. The number of fused-ring (bicyclic) bond motifs is 3. The summed E-state index contributed by atoms with van der Waals surface area (Å²) in [5.74, 6) is 0.0717. The molecule has 2 heterocycles. The Morgan fingerprint density at radius 1 is 1.32 bits per heavy atom. The maximum atomic E-state index is 12.5. The number of hydrogen-bond acceptors (Lipinski definition) is 3. The van der Waals surface area contributed by atoms with Gasteiger partial charge in [0.2, 0.25) is 5.91 Å². The van der Waals surface area contributed by atoms with Crippen LogP contribution in [0.4, 0.5) is 11.4 Å². The molecule has 1 saturated heterocycles. The Bertz CT molecular complexity index is 596. The molecule has 0 unspecified atom stereocenters. The molecule has 2 aliphatic rings. The summed E-state index contributed by atoms with van der Waals surface area (Å²) in [6.07, 6.45) is 3.12. The quantitative estimate of drug-likeness (QED) is 0.933. The van der Waals surface area contributed by atoms with E-state index >= 15 is 0 Å². The van der Waals surface area contributed by atoms with Crippen LogP contribution in [0.25, 0.3) is 0 Å². The molecular weight excluding hydrogens is 278 g/mol. The third-order valence-corrected chi connectivity index (χ3v) is 4.67. The minimum atomic E-state index is -0.0504. The first kappa shape index (κ1) is 14.9. The molecule has 2 amide bonds. The summed E-state index contributed by atoms with van der Waals surface area (Å²) in [5.41, 5.74) is 2.44. The van der Waals surface area contributed by atoms with E-state index < -0.39 is 0 Å². The lowest BCUT2D eigenvalue weighted by molar-refractivity contribution is -0.118. The molecule has 22 heavy (non-hydrogen) atoms. The predicted molar refractivity (Wildman–Crippen MR) is 87.3 cm³/mol. The third kappa shape index (κ3) is 2.45. The molecule has 0 aliphatic carbocycles. The molecular formula is C17H23N3O2. The van der Waals surface area contributed by atoms with Gasteiger partial charge in [-0.2, -0.15) is 0 Å². The average molecular weight is 301 g/mol. The van der Waals surface area contributed by atoms with Gasteiger partial charge >= 0.3 is 0 Å². The van der Waals surface area contributed by atoms with Crippen molar-refractivity contribution >= 4 is 23.2 Å². The molecule has 118 valence electrons. The molecule has 0 aromatic heterocycles. The van der Waals surface area contributed by atoms with Crippen LogP contribution in [0, 0.1) is 0 Å². The molecule has 5 nitrogen and oxygen atoms in total. The van der Waals surface area contributed by atoms with Gasteiger partial charge in [0.1, 0.15) is 6.04 Å². The van der Waals surface area contributed by atoms with E-state index in [9.17, 15) is 9.59 Å². The normalized spacial score (nSPS) is 20.0. The number of anilines is 2. The van der Waals surface area contributed by atoms with Crippen molar-refractivity contribution in [3.8, 4) is 0 Å². The molecule has 0 spiro atoms. The molecule has 1 N–H and O–H groups in total. The van der Waals surface area contributed by atoms with Crippen molar-refractivity contribution in [1.29, 1.82) is 0 Å². The highest BCUT2D eigenvalue weighted by molar-refractivity contribution is 6.05. The largest absolute Gasteiger partial charge is 0.358 e. The molecule has 1 atom stereocenters. The smallest absolute Gasteiger partial charge is 0.253 e. The summed E-state index contributed by atoms with van der Waals surface area (Å²) in [6.45, 7) is 6.23. The molecule has 5 heteroatoms. The highest BCUT2D eigenvalue weighted by Crippen LogP contribution is 2.36. The number of hydrogen-bond donors (Lipinski definition) is 1. The summed E-state index contributed by atoms with van der Waals surface area (Å²) in [6, 6.07) is 5.62. The van der Waals surface area contributed by atoms with E-state index in [4.69, 9.17) is 0 Å². The summed E-state index contributed by atoms with van der Waals surface area (Å²) in [7, 11) is 0. The third-order valence-electron chi connectivity index (χ3n) is 4.67. The maximum Gasteiger partial charge on any atom is 0.253 e. The van der Waals surface area contributed by atoms with Crippen LogP contribution >= 0.6 is 0 Å². The van der Waals surface area contributed by atoms with Gasteiger partial charge in [-0.1, -0.05) is 0 Å². The summed E-state index contributed by atoms with van der Waals surface area (Å²) in [4.78, 5) is 28.7. The highest BCUT2D eigenvalue weighted by Gasteiger charge is 2.34. The second kappa shape index (κ2) is 5.99. The van der Waals surface area contributed by atoms with Crippen molar-refractivity contribution in [2.75, 3.05) is 29.9 Å². The number of nitrogens with one attached hydrogen (secondary N) is 1. The molecule has 0 saturated carbocycles. The number of amides is 2. The number of carbonyl (C=O) groups is 2. The van der Waals surface area contributed by atoms with E-state index in [2.05, 4.69) is 10.2 Å². The van der Waals surface area contributed by atoms with Gasteiger partial charge in [-0.3, -0.25) is 9.59 Å². The first-order chi connectivity index (χ1) is 10.7. The van der Waals surface area contributed by atoms with Gasteiger partial charge in [0, 0.05) is 25.2 Å². The van der Waals surface area contributed by atoms with Crippen LogP contribution in [0.15, 0.2) is 18.2 Å². The van der Waals surface area contributed by atoms with Crippen LogP contribution in [0.1, 0.15) is 43.5 Å². The van der Waals surface area contributed by atoms with Crippen molar-refractivity contribution in [3.63, 3.8) is 0 Å². The lowest BCUT2D eigenvalue weighted by atomic mass is 9.96. The zero-order valence-electron chi connectivity index (χ0n) is 13.3. The van der Waals surface area contributed by atoms with E-state index in [0.29, 0.717) is 18.7 Å². The molecule has 3 rings (SSSR count). The van der Waals surface area contributed by atoms with E-state index in [-0.39, 0.29) is 17.9 Å². The number of benzene rings is 1. The average Bonchev–Trinajstić information content (AvgIpc) is 2.55. The van der Waals surface area contributed by atoms with Crippen LogP contribution < -0.4 is 10.2 Å². The van der Waals surface area contributed by atoms with Crippen molar-refractivity contribution < 1.29 is 9.59 Å². The Hall–Kier alpha value is -2.04. The molecule has 1 fully saturated rings. The van der Waals surface area contributed by atoms with E-state index in [1.807, 2.05) is 32.0 Å². The first-order valence-electron chi connectivity index (χ1n) is 8.16. The van der Waals surface area contributed by atoms with Gasteiger partial charge in [-0.15, -0.1) is 0 Å². The summed E-state index contributed by atoms with van der Waals surface area (Å²) >= 11 is 0. The molecule has 1 aromatic carbocycles. The Labute approximate surface area is 131 Å². The number of carbonyl (C=O) groups excluding carboxylic acids is 2. The van der Waals surface area contributed by atoms with E-state index in [1.54, 1.807) is 4.90 Å². The van der Waals surface area contributed by atoms with Gasteiger partial charge in [0.05, 0.1) is 11.4 Å². The molecule has 1 aromatic rings. The van der Waals surface area contributed by atoms with Gasteiger partial charge in [0.15, 0.2) is 0 Å². The Morgan fingerprint density at radius 3 is 2.82 bits per heavy atom. The minimum absolute atomic E-state index is 0.0165. The highest BCUT2D eigenvalue weighted by atomic mass is 16.2. The van der Waals surface area contributed by atoms with Gasteiger partial charge in [-0.25, -0.2) is 0 Å². The van der Waals surface area contributed by atoms with Crippen molar-refractivity contribution in [2.24, 2.45) is 0 Å². The predicted octanol–water partition coefficient (Wildman–Crippen LogP) is 2.48. The Balaban J connectivity index is 1.93. The van der Waals surface area contributed by atoms with Gasteiger partial charge in [-0.05, 0) is 51.3 Å². The van der Waals surface area contributed by atoms with E-state index in [0.717, 1.165) is 37.2 Å². The maximum absolute atomic E-state index is 12.5. The van der Waals surface area contributed by atoms with Gasteiger partial charge < -0.3 is 15.1 Å². The molecule has 2 aliphatic heterocycles. The molecule has 0 radical (unpaired) electrons. The zero-order valence-corrected chi connectivity index (χ0v) is 13.3. The number of piperidine rings is 1. The lowest BCUT2D eigenvalue weighted by Crippen LogP contribution is -2.50. The van der Waals surface area contributed by atoms with E-state index in [1.165, 1.54) is 0 Å². The van der Waals surface area contributed by atoms with Crippen LogP contribution in [-0.4, -0.2) is 42.4 Å². The Morgan fingerprint density at radius 2 is 2.09 bits per heavy atom. The van der Waals surface area contributed by atoms with Crippen molar-refractivity contribution in [1.82, 2.24) is 4.90 Å². The minimum Gasteiger partial charge on any atom is -0.358 e. The lowest BCUT2D eigenvalue weighted by Gasteiger charge is -2.41. The van der Waals surface area contributed by atoms with Crippen LogP contribution in [0.2, 0.25) is 0 Å². The van der Waals surface area contributed by atoms with Crippen LogP contribution in [-0.2, 0) is 4.79 Å². The second-order valence-electron chi connectivity index (χ2n) is 5.90. The molecule has 0 bridgehead atoms. The van der Waals surface area contributed by atoms with Crippen LogP contribution in [0.5, 0.6) is 0 Å². The standard InChI is InChI=1S/C17H23N3O2/c1-3-19(4-2)17(22)12-8-9-14-13(11-12)18-16(21)15-7-5-6-10-20(14)15/h8-9,11,15H,3-7,10H2,1-2H3,(H,18,21)/t15-/m0/s1. The van der Waals surface area contributed by atoms with Crippen LogP contribution in [0.3, 0.4) is 0 Å². The van der Waals surface area contributed by atoms with Crippen molar-refractivity contribution in [3.05, 3.63) is 23.8 Å². The second-order valence-corrected chi connectivity index (χ2v) is 5.90. The monoisotopic (exact) mass is 301 g/mol. The summed E-state index contributed by atoms with van der Waals surface area (Å²) < 4.78 is 0. The Kier molecular flexibility index (Phi) is 4.05. The zero-order chi connectivity index (χ0) is 15.7. The topological polar surface area (TPSA) is 52.7 Å². The fourth-order valence-electron chi connectivity index (χ4n) is 3.42.